The number of hydrogen-bond donors (Lipinski definition) is 1. The molecular formula is C20H28N2O2. The number of aliphatic hydroxyl groups excluding tert-OH is 1. The number of β-amino-alcohol motifs (C(OH)–C–C–N with tert-alkyl or cyclic N) is 1. The molecule has 1 saturated heterocycles. The van der Waals surface area contributed by atoms with Crippen molar-refractivity contribution in [3.63, 3.8) is 0 Å². The summed E-state index contributed by atoms with van der Waals surface area (Å²) in [7, 11) is 0. The summed E-state index contributed by atoms with van der Waals surface area (Å²) in [6.07, 6.45) is 8.18. The highest BCUT2D eigenvalue weighted by molar-refractivity contribution is 5.79. The van der Waals surface area contributed by atoms with Gasteiger partial charge in [0.2, 0.25) is 0 Å². The van der Waals surface area contributed by atoms with E-state index in [1.165, 1.54) is 30.2 Å². The monoisotopic (exact) mass is 328 g/mol. The number of likely N-dealkylation sites (tertiary alicyclic amines) is 1. The number of aromatic nitrogens is 1. The van der Waals surface area contributed by atoms with Crippen molar-refractivity contribution >= 4 is 10.9 Å². The highest BCUT2D eigenvalue weighted by Gasteiger charge is 2.34. The zero-order valence-corrected chi connectivity index (χ0v) is 14.3. The predicted octanol–water partition coefficient (Wildman–Crippen LogP) is 3.04. The van der Waals surface area contributed by atoms with Crippen LogP contribution in [0.25, 0.3) is 10.9 Å². The van der Waals surface area contributed by atoms with Gasteiger partial charge in [0.15, 0.2) is 0 Å². The third kappa shape index (κ3) is 3.37. The van der Waals surface area contributed by atoms with Crippen LogP contribution in [0.2, 0.25) is 0 Å². The van der Waals surface area contributed by atoms with Gasteiger partial charge in [0.1, 0.15) is 0 Å². The molecule has 2 heterocycles. The zero-order valence-electron chi connectivity index (χ0n) is 14.3. The first-order valence-electron chi connectivity index (χ1n) is 9.39. The molecule has 4 heteroatoms. The number of ether oxygens (including phenoxy) is 1. The highest BCUT2D eigenvalue weighted by atomic mass is 16.5. The molecule has 130 valence electrons. The van der Waals surface area contributed by atoms with Crippen LogP contribution in [0.3, 0.4) is 0 Å². The summed E-state index contributed by atoms with van der Waals surface area (Å²) in [5, 5.41) is 11.1. The average Bonchev–Trinajstić information content (AvgIpc) is 3.22. The van der Waals surface area contributed by atoms with E-state index in [4.69, 9.17) is 4.74 Å². The van der Waals surface area contributed by atoms with Crippen molar-refractivity contribution < 1.29 is 9.84 Å². The maximum absolute atomic E-state index is 9.83. The van der Waals surface area contributed by atoms with E-state index in [2.05, 4.69) is 46.0 Å². The third-order valence-electron chi connectivity index (χ3n) is 5.68. The van der Waals surface area contributed by atoms with Crippen molar-refractivity contribution in [3.8, 4) is 0 Å². The molecule has 2 aromatic rings. The summed E-state index contributed by atoms with van der Waals surface area (Å²) < 4.78 is 8.61. The van der Waals surface area contributed by atoms with E-state index in [1.54, 1.807) is 0 Å². The van der Waals surface area contributed by atoms with Gasteiger partial charge < -0.3 is 14.4 Å². The molecule has 1 aliphatic carbocycles. The Labute approximate surface area is 144 Å². The van der Waals surface area contributed by atoms with Gasteiger partial charge in [0.25, 0.3) is 0 Å². The standard InChI is InChI=1S/C20H28N2O2/c23-17-10-12-22(15-17)19-7-3-4-8-20(19)24-14-13-21-11-9-16-5-1-2-6-18(16)21/h1-2,5-6,9,11,17,19-20,23H,3-4,7-8,10,12-15H2. The molecule has 1 aromatic heterocycles. The Morgan fingerprint density at radius 3 is 2.83 bits per heavy atom. The topological polar surface area (TPSA) is 37.6 Å². The van der Waals surface area contributed by atoms with Gasteiger partial charge in [-0.05, 0) is 36.8 Å². The SMILES string of the molecule is OC1CCN(C2CCCCC2OCCn2ccc3ccccc32)C1. The molecule has 2 fully saturated rings. The summed E-state index contributed by atoms with van der Waals surface area (Å²) in [5.74, 6) is 0. The molecule has 0 radical (unpaired) electrons. The van der Waals surface area contributed by atoms with E-state index < -0.39 is 0 Å². The van der Waals surface area contributed by atoms with E-state index in [9.17, 15) is 5.11 Å². The van der Waals surface area contributed by atoms with Crippen LogP contribution in [0.5, 0.6) is 0 Å². The minimum atomic E-state index is -0.140. The van der Waals surface area contributed by atoms with Crippen molar-refractivity contribution in [2.24, 2.45) is 0 Å². The van der Waals surface area contributed by atoms with Crippen molar-refractivity contribution in [2.45, 2.75) is 56.9 Å². The molecule has 1 saturated carbocycles. The van der Waals surface area contributed by atoms with Crippen LogP contribution in [0.15, 0.2) is 36.5 Å². The fourth-order valence-electron chi connectivity index (χ4n) is 4.40. The van der Waals surface area contributed by atoms with E-state index in [-0.39, 0.29) is 6.10 Å². The number of benzene rings is 1. The Morgan fingerprint density at radius 2 is 1.96 bits per heavy atom. The lowest BCUT2D eigenvalue weighted by atomic mass is 9.91. The number of fused-ring (bicyclic) bond motifs is 1. The molecule has 2 aliphatic rings. The van der Waals surface area contributed by atoms with Crippen LogP contribution < -0.4 is 0 Å². The van der Waals surface area contributed by atoms with E-state index in [0.29, 0.717) is 12.1 Å². The van der Waals surface area contributed by atoms with Crippen LogP contribution in [0.4, 0.5) is 0 Å². The van der Waals surface area contributed by atoms with Gasteiger partial charge in [-0.3, -0.25) is 4.90 Å². The van der Waals surface area contributed by atoms with Gasteiger partial charge in [-0.1, -0.05) is 31.0 Å². The maximum Gasteiger partial charge on any atom is 0.0731 e. The Kier molecular flexibility index (Phi) is 4.88. The third-order valence-corrected chi connectivity index (χ3v) is 5.68. The van der Waals surface area contributed by atoms with Crippen molar-refractivity contribution in [1.82, 2.24) is 9.47 Å². The van der Waals surface area contributed by atoms with Gasteiger partial charge >= 0.3 is 0 Å². The Hall–Kier alpha value is -1.36. The molecule has 1 aliphatic heterocycles. The van der Waals surface area contributed by atoms with Gasteiger partial charge in [0.05, 0.1) is 18.8 Å². The highest BCUT2D eigenvalue weighted by Crippen LogP contribution is 2.28. The van der Waals surface area contributed by atoms with Crippen LogP contribution in [-0.2, 0) is 11.3 Å². The molecule has 24 heavy (non-hydrogen) atoms. The van der Waals surface area contributed by atoms with Gasteiger partial charge in [-0.15, -0.1) is 0 Å². The van der Waals surface area contributed by atoms with E-state index in [1.807, 2.05) is 0 Å². The van der Waals surface area contributed by atoms with Crippen LogP contribution in [0.1, 0.15) is 32.1 Å². The van der Waals surface area contributed by atoms with Crippen molar-refractivity contribution in [1.29, 1.82) is 0 Å². The number of hydrogen-bond acceptors (Lipinski definition) is 3. The minimum Gasteiger partial charge on any atom is -0.392 e. The van der Waals surface area contributed by atoms with Gasteiger partial charge in [-0.2, -0.15) is 0 Å². The summed E-state index contributed by atoms with van der Waals surface area (Å²) >= 11 is 0. The first kappa shape index (κ1) is 16.1. The molecular weight excluding hydrogens is 300 g/mol. The van der Waals surface area contributed by atoms with Crippen LogP contribution in [-0.4, -0.2) is 52.5 Å². The average molecular weight is 328 g/mol. The fourth-order valence-corrected chi connectivity index (χ4v) is 4.40. The molecule has 0 amide bonds. The lowest BCUT2D eigenvalue weighted by molar-refractivity contribution is -0.0350. The lowest BCUT2D eigenvalue weighted by Crippen LogP contribution is -2.46. The summed E-state index contributed by atoms with van der Waals surface area (Å²) in [5.41, 5.74) is 1.28. The van der Waals surface area contributed by atoms with Crippen LogP contribution >= 0.6 is 0 Å². The molecule has 0 bridgehead atoms. The fraction of sp³-hybridized carbons (Fsp3) is 0.600. The van der Waals surface area contributed by atoms with Gasteiger partial charge in [0, 0.05) is 37.4 Å². The summed E-state index contributed by atoms with van der Waals surface area (Å²) in [6.45, 7) is 3.51. The van der Waals surface area contributed by atoms with E-state index in [0.717, 1.165) is 39.1 Å². The molecule has 4 nitrogen and oxygen atoms in total. The first-order valence-corrected chi connectivity index (χ1v) is 9.39. The second kappa shape index (κ2) is 7.26. The number of aliphatic hydroxyl groups is 1. The largest absolute Gasteiger partial charge is 0.392 e. The lowest BCUT2D eigenvalue weighted by Gasteiger charge is -2.37. The molecule has 1 aromatic carbocycles. The normalized spacial score (nSPS) is 28.6. The van der Waals surface area contributed by atoms with Crippen molar-refractivity contribution in [2.75, 3.05) is 19.7 Å². The number of para-hydroxylation sites is 1. The summed E-state index contributed by atoms with van der Waals surface area (Å²) in [6, 6.07) is 11.2. The predicted molar refractivity (Wildman–Crippen MR) is 96.1 cm³/mol. The zero-order chi connectivity index (χ0) is 16.4. The molecule has 3 atom stereocenters. The smallest absolute Gasteiger partial charge is 0.0731 e. The Balaban J connectivity index is 1.35. The summed E-state index contributed by atoms with van der Waals surface area (Å²) in [4.78, 5) is 2.46. The van der Waals surface area contributed by atoms with E-state index >= 15 is 0 Å². The quantitative estimate of drug-likeness (QED) is 0.917. The Bertz CT molecular complexity index is 668. The second-order valence-corrected chi connectivity index (χ2v) is 7.27. The molecule has 1 N–H and O–H groups in total. The number of rotatable bonds is 5. The van der Waals surface area contributed by atoms with Gasteiger partial charge in [-0.25, -0.2) is 0 Å². The molecule has 3 unspecified atom stereocenters. The second-order valence-electron chi connectivity index (χ2n) is 7.27. The number of nitrogens with zero attached hydrogens (tertiary/aromatic N) is 2. The Morgan fingerprint density at radius 1 is 1.08 bits per heavy atom. The molecule has 0 spiro atoms. The maximum atomic E-state index is 9.83. The minimum absolute atomic E-state index is 0.140. The first-order chi connectivity index (χ1) is 11.8. The molecule has 4 rings (SSSR count). The van der Waals surface area contributed by atoms with Crippen molar-refractivity contribution in [3.05, 3.63) is 36.5 Å². The van der Waals surface area contributed by atoms with Crippen LogP contribution in [0, 0.1) is 0 Å².